The second-order valence-electron chi connectivity index (χ2n) is 8.47. The van der Waals surface area contributed by atoms with E-state index < -0.39 is 0 Å². The molecule has 1 aromatic rings. The van der Waals surface area contributed by atoms with Crippen LogP contribution in [0.5, 0.6) is 11.5 Å². The van der Waals surface area contributed by atoms with Crippen molar-refractivity contribution < 1.29 is 14.2 Å². The van der Waals surface area contributed by atoms with Gasteiger partial charge in [-0.2, -0.15) is 0 Å². The second-order valence-corrected chi connectivity index (χ2v) is 8.47. The summed E-state index contributed by atoms with van der Waals surface area (Å²) < 4.78 is 17.7. The molecule has 0 aromatic heterocycles. The van der Waals surface area contributed by atoms with Gasteiger partial charge in [-0.05, 0) is 38.3 Å². The van der Waals surface area contributed by atoms with Crippen LogP contribution >= 0.6 is 0 Å². The molecule has 1 saturated heterocycles. The molecule has 3 atom stereocenters. The highest BCUT2D eigenvalue weighted by Crippen LogP contribution is 2.60. The van der Waals surface area contributed by atoms with E-state index in [1.54, 1.807) is 0 Å². The summed E-state index contributed by atoms with van der Waals surface area (Å²) in [5, 5.41) is 7.28. The van der Waals surface area contributed by atoms with Crippen molar-refractivity contribution >= 4 is 11.6 Å². The molecule has 0 bridgehead atoms. The second kappa shape index (κ2) is 7.47. The maximum atomic E-state index is 6.12. The molecular formula is C22H31N3O3. The lowest BCUT2D eigenvalue weighted by atomic mass is 9.54. The average molecular weight is 386 g/mol. The quantitative estimate of drug-likeness (QED) is 0.615. The van der Waals surface area contributed by atoms with E-state index in [0.29, 0.717) is 36.7 Å². The first-order valence-corrected chi connectivity index (χ1v) is 10.9. The van der Waals surface area contributed by atoms with Gasteiger partial charge in [-0.3, -0.25) is 4.99 Å². The molecule has 28 heavy (non-hydrogen) atoms. The summed E-state index contributed by atoms with van der Waals surface area (Å²) in [4.78, 5) is 4.72. The molecule has 3 fully saturated rings. The summed E-state index contributed by atoms with van der Waals surface area (Å²) in [6, 6.07) is 6.49. The number of anilines is 1. The van der Waals surface area contributed by atoms with Crippen LogP contribution in [0, 0.1) is 11.3 Å². The lowest BCUT2D eigenvalue weighted by Gasteiger charge is -2.57. The number of hydrogen-bond acceptors (Lipinski definition) is 4. The summed E-state index contributed by atoms with van der Waals surface area (Å²) in [6.07, 6.45) is 7.71. The Morgan fingerprint density at radius 2 is 1.93 bits per heavy atom. The molecule has 2 aliphatic carbocycles. The summed E-state index contributed by atoms with van der Waals surface area (Å²) in [7, 11) is 0. The third-order valence-corrected chi connectivity index (χ3v) is 6.90. The van der Waals surface area contributed by atoms with Crippen molar-refractivity contribution in [1.82, 2.24) is 5.32 Å². The number of aliphatic imine (C=N–C) groups is 1. The highest BCUT2D eigenvalue weighted by molar-refractivity contribution is 5.94. The fourth-order valence-electron chi connectivity index (χ4n) is 5.71. The van der Waals surface area contributed by atoms with E-state index in [9.17, 15) is 0 Å². The van der Waals surface area contributed by atoms with Gasteiger partial charge in [0, 0.05) is 48.7 Å². The number of rotatable bonds is 3. The zero-order valence-corrected chi connectivity index (χ0v) is 16.7. The largest absolute Gasteiger partial charge is 0.490 e. The molecule has 1 spiro atoms. The first-order valence-electron chi connectivity index (χ1n) is 10.9. The van der Waals surface area contributed by atoms with Gasteiger partial charge in [0.25, 0.3) is 0 Å². The van der Waals surface area contributed by atoms with E-state index in [1.165, 1.54) is 25.7 Å². The van der Waals surface area contributed by atoms with Gasteiger partial charge >= 0.3 is 0 Å². The van der Waals surface area contributed by atoms with E-state index >= 15 is 0 Å². The first kappa shape index (κ1) is 18.1. The standard InChI is InChI=1S/C22H31N3O3/c1-2-23-21(24-15-6-7-17-18(14-15)27-12-5-11-26-17)25-19-16-8-13-28-20(16)22(19)9-3-4-10-22/h6-7,14,16,19-20H,2-5,8-13H2,1H3,(H2,23,24,25). The highest BCUT2D eigenvalue weighted by Gasteiger charge is 2.65. The molecular weight excluding hydrogens is 354 g/mol. The minimum absolute atomic E-state index is 0.308. The van der Waals surface area contributed by atoms with E-state index in [4.69, 9.17) is 19.2 Å². The molecule has 2 N–H and O–H groups in total. The predicted octanol–water partition coefficient (Wildman–Crippen LogP) is 3.57. The van der Waals surface area contributed by atoms with Crippen LogP contribution < -0.4 is 20.1 Å². The fraction of sp³-hybridized carbons (Fsp3) is 0.682. The monoisotopic (exact) mass is 385 g/mol. The Morgan fingerprint density at radius 1 is 1.11 bits per heavy atom. The van der Waals surface area contributed by atoms with Crippen LogP contribution in [0.1, 0.15) is 45.4 Å². The number of nitrogens with zero attached hydrogens (tertiary/aromatic N) is 1. The van der Waals surface area contributed by atoms with Gasteiger partial charge in [0.15, 0.2) is 17.5 Å². The van der Waals surface area contributed by atoms with Crippen molar-refractivity contribution in [2.24, 2.45) is 16.3 Å². The van der Waals surface area contributed by atoms with Crippen LogP contribution in [-0.2, 0) is 4.74 Å². The number of ether oxygens (including phenoxy) is 3. The highest BCUT2D eigenvalue weighted by atomic mass is 16.5. The van der Waals surface area contributed by atoms with Crippen molar-refractivity contribution in [3.8, 4) is 11.5 Å². The Labute approximate surface area is 167 Å². The molecule has 5 rings (SSSR count). The maximum Gasteiger partial charge on any atom is 0.196 e. The normalized spacial score (nSPS) is 30.5. The van der Waals surface area contributed by atoms with Gasteiger partial charge in [-0.15, -0.1) is 0 Å². The number of hydrogen-bond donors (Lipinski definition) is 2. The minimum atomic E-state index is 0.308. The van der Waals surface area contributed by atoms with Gasteiger partial charge in [-0.25, -0.2) is 0 Å². The van der Waals surface area contributed by atoms with Crippen LogP contribution in [-0.4, -0.2) is 44.5 Å². The van der Waals surface area contributed by atoms with Crippen LogP contribution in [0.4, 0.5) is 5.69 Å². The van der Waals surface area contributed by atoms with Crippen LogP contribution in [0.25, 0.3) is 0 Å². The van der Waals surface area contributed by atoms with Crippen molar-refractivity contribution in [3.05, 3.63) is 18.2 Å². The number of fused-ring (bicyclic) bond motifs is 3. The maximum absolute atomic E-state index is 6.12. The molecule has 0 radical (unpaired) electrons. The molecule has 152 valence electrons. The zero-order chi connectivity index (χ0) is 19.0. The Bertz CT molecular complexity index is 745. The average Bonchev–Trinajstić information content (AvgIpc) is 3.31. The summed E-state index contributed by atoms with van der Waals surface area (Å²) in [6.45, 7) is 5.12. The lowest BCUT2D eigenvalue weighted by Crippen LogP contribution is -2.68. The molecule has 1 aromatic carbocycles. The summed E-state index contributed by atoms with van der Waals surface area (Å²) in [5.74, 6) is 3.10. The Kier molecular flexibility index (Phi) is 4.83. The third kappa shape index (κ3) is 3.02. The molecule has 0 amide bonds. The Morgan fingerprint density at radius 3 is 2.75 bits per heavy atom. The zero-order valence-electron chi connectivity index (χ0n) is 16.7. The van der Waals surface area contributed by atoms with Crippen molar-refractivity contribution in [1.29, 1.82) is 0 Å². The lowest BCUT2D eigenvalue weighted by molar-refractivity contribution is -0.124. The number of nitrogens with one attached hydrogen (secondary N) is 2. The molecule has 6 heteroatoms. The Balaban J connectivity index is 1.33. The van der Waals surface area contributed by atoms with E-state index in [-0.39, 0.29) is 0 Å². The molecule has 2 saturated carbocycles. The van der Waals surface area contributed by atoms with Crippen LogP contribution in [0.15, 0.2) is 23.2 Å². The van der Waals surface area contributed by atoms with Crippen molar-refractivity contribution in [2.75, 3.05) is 31.7 Å². The van der Waals surface area contributed by atoms with Gasteiger partial charge < -0.3 is 24.8 Å². The SMILES string of the molecule is CCN=C(Nc1ccc2c(c1)OCCCO2)NC1C2CCOC2C12CCCC2. The Hall–Kier alpha value is -1.95. The summed E-state index contributed by atoms with van der Waals surface area (Å²) >= 11 is 0. The molecule has 4 aliphatic rings. The van der Waals surface area contributed by atoms with Gasteiger partial charge in [0.05, 0.1) is 19.3 Å². The van der Waals surface area contributed by atoms with Crippen LogP contribution in [0.3, 0.4) is 0 Å². The summed E-state index contributed by atoms with van der Waals surface area (Å²) in [5.41, 5.74) is 1.28. The molecule has 3 unspecified atom stereocenters. The third-order valence-electron chi connectivity index (χ3n) is 6.90. The van der Waals surface area contributed by atoms with Gasteiger partial charge in [0.2, 0.25) is 0 Å². The van der Waals surface area contributed by atoms with Gasteiger partial charge in [0.1, 0.15) is 0 Å². The predicted molar refractivity (Wildman–Crippen MR) is 109 cm³/mol. The molecule has 2 heterocycles. The van der Waals surface area contributed by atoms with E-state index in [0.717, 1.165) is 49.1 Å². The van der Waals surface area contributed by atoms with Crippen LogP contribution in [0.2, 0.25) is 0 Å². The minimum Gasteiger partial charge on any atom is -0.490 e. The van der Waals surface area contributed by atoms with Crippen molar-refractivity contribution in [3.63, 3.8) is 0 Å². The fourth-order valence-corrected chi connectivity index (χ4v) is 5.71. The molecule has 6 nitrogen and oxygen atoms in total. The van der Waals surface area contributed by atoms with Crippen molar-refractivity contribution in [2.45, 2.75) is 57.6 Å². The molecule has 2 aliphatic heterocycles. The van der Waals surface area contributed by atoms with E-state index in [2.05, 4.69) is 17.6 Å². The van der Waals surface area contributed by atoms with Gasteiger partial charge in [-0.1, -0.05) is 12.8 Å². The first-order chi connectivity index (χ1) is 13.8. The smallest absolute Gasteiger partial charge is 0.196 e. The topological polar surface area (TPSA) is 64.1 Å². The van der Waals surface area contributed by atoms with E-state index in [1.807, 2.05) is 18.2 Å². The number of guanidine groups is 1. The number of benzene rings is 1.